The van der Waals surface area contributed by atoms with Crippen LogP contribution in [0, 0.1) is 0 Å². The molecule has 1 atom stereocenters. The number of fused-ring (bicyclic) bond motifs is 1. The molecule has 1 unspecified atom stereocenters. The highest BCUT2D eigenvalue weighted by atomic mass is 32.2. The van der Waals surface area contributed by atoms with Crippen LogP contribution < -0.4 is 10.0 Å². The van der Waals surface area contributed by atoms with Crippen molar-refractivity contribution in [1.29, 1.82) is 0 Å². The first-order chi connectivity index (χ1) is 14.1. The number of hydrogen-bond donors (Lipinski definition) is 3. The molecule has 0 radical (unpaired) electrons. The van der Waals surface area contributed by atoms with E-state index in [0.29, 0.717) is 5.82 Å². The highest BCUT2D eigenvalue weighted by Gasteiger charge is 2.23. The number of rotatable bonds is 7. The van der Waals surface area contributed by atoms with Gasteiger partial charge in [-0.25, -0.2) is 9.78 Å². The summed E-state index contributed by atoms with van der Waals surface area (Å²) in [5.41, 5.74) is 4.92. The van der Waals surface area contributed by atoms with Crippen LogP contribution in [-0.4, -0.2) is 16.1 Å². The van der Waals surface area contributed by atoms with E-state index in [1.54, 1.807) is 30.3 Å². The molecule has 29 heavy (non-hydrogen) atoms. The largest absolute Gasteiger partial charge is 0.478 e. The van der Waals surface area contributed by atoms with Crippen molar-refractivity contribution in [1.82, 2.24) is 9.71 Å². The summed E-state index contributed by atoms with van der Waals surface area (Å²) in [5.74, 6) is -0.639. The summed E-state index contributed by atoms with van der Waals surface area (Å²) < 4.78 is 3.59. The zero-order chi connectivity index (χ0) is 20.2. The van der Waals surface area contributed by atoms with Crippen molar-refractivity contribution in [3.05, 3.63) is 83.0 Å². The van der Waals surface area contributed by atoms with E-state index < -0.39 is 5.97 Å². The van der Waals surface area contributed by atoms with Crippen molar-refractivity contribution in [3.63, 3.8) is 0 Å². The van der Waals surface area contributed by atoms with Gasteiger partial charge in [-0.2, -0.15) is 0 Å². The summed E-state index contributed by atoms with van der Waals surface area (Å²) >= 11 is 1.66. The average Bonchev–Trinajstić information content (AvgIpc) is 3.15. The Morgan fingerprint density at radius 1 is 1.21 bits per heavy atom. The number of carbonyl (C=O) groups is 1. The third kappa shape index (κ3) is 4.44. The number of carboxylic acids is 1. The van der Waals surface area contributed by atoms with Crippen LogP contribution in [0.2, 0.25) is 0 Å². The maximum Gasteiger partial charge on any atom is 0.339 e. The van der Waals surface area contributed by atoms with Gasteiger partial charge in [0.15, 0.2) is 0 Å². The fourth-order valence-corrected chi connectivity index (χ4v) is 4.34. The molecule has 2 aromatic carbocycles. The molecular formula is C23H23N3O2S. The molecule has 4 rings (SSSR count). The number of nitrogens with zero attached hydrogens (tertiary/aromatic N) is 1. The first-order valence-electron chi connectivity index (χ1n) is 9.73. The third-order valence-electron chi connectivity index (χ3n) is 5.18. The van der Waals surface area contributed by atoms with E-state index in [1.807, 2.05) is 6.07 Å². The first kappa shape index (κ1) is 19.5. The van der Waals surface area contributed by atoms with E-state index in [2.05, 4.69) is 58.3 Å². The van der Waals surface area contributed by atoms with E-state index in [4.69, 9.17) is 0 Å². The lowest BCUT2D eigenvalue weighted by Crippen LogP contribution is -2.11. The molecule has 148 valence electrons. The van der Waals surface area contributed by atoms with Crippen molar-refractivity contribution in [3.8, 4) is 0 Å². The standard InChI is InChI=1S/C23H23N3O2S/c1-2-15-5-10-18(11-6-15)29-26-21-12-8-16-7-9-17(14-20(16)21)25-22-19(23(27)28)4-3-13-24-22/h3-7,9-11,13-14,21,26H,2,8,12H2,1H3,(H,24,25)(H,27,28). The Balaban J connectivity index is 1.48. The topological polar surface area (TPSA) is 74.2 Å². The minimum absolute atomic E-state index is 0.161. The van der Waals surface area contributed by atoms with Crippen molar-refractivity contribution < 1.29 is 9.90 Å². The number of nitrogens with one attached hydrogen (secondary N) is 2. The number of carboxylic acid groups (broad SMARTS) is 1. The summed E-state index contributed by atoms with van der Waals surface area (Å²) in [5, 5.41) is 12.5. The Morgan fingerprint density at radius 2 is 2.03 bits per heavy atom. The predicted octanol–water partition coefficient (Wildman–Crippen LogP) is 5.37. The van der Waals surface area contributed by atoms with Gasteiger partial charge in [-0.3, -0.25) is 4.72 Å². The average molecular weight is 406 g/mol. The zero-order valence-corrected chi connectivity index (χ0v) is 17.0. The fourth-order valence-electron chi connectivity index (χ4n) is 3.55. The number of aromatic carboxylic acids is 1. The second-order valence-electron chi connectivity index (χ2n) is 7.05. The third-order valence-corrected chi connectivity index (χ3v) is 6.09. The molecule has 3 N–H and O–H groups in total. The molecule has 0 bridgehead atoms. The normalized spacial score (nSPS) is 15.1. The quantitative estimate of drug-likeness (QED) is 0.459. The van der Waals surface area contributed by atoms with Gasteiger partial charge in [-0.15, -0.1) is 0 Å². The van der Waals surface area contributed by atoms with Crippen LogP contribution in [-0.2, 0) is 12.8 Å². The summed E-state index contributed by atoms with van der Waals surface area (Å²) in [6.45, 7) is 2.16. The molecule has 0 saturated heterocycles. The lowest BCUT2D eigenvalue weighted by molar-refractivity contribution is 0.0697. The van der Waals surface area contributed by atoms with E-state index in [0.717, 1.165) is 24.9 Å². The molecule has 0 spiro atoms. The molecule has 1 aliphatic rings. The lowest BCUT2D eigenvalue weighted by Gasteiger charge is -2.15. The highest BCUT2D eigenvalue weighted by Crippen LogP contribution is 2.36. The van der Waals surface area contributed by atoms with Crippen molar-refractivity contribution in [2.75, 3.05) is 5.32 Å². The minimum Gasteiger partial charge on any atom is -0.478 e. The number of pyridine rings is 1. The van der Waals surface area contributed by atoms with Gasteiger partial charge in [0.05, 0.1) is 0 Å². The van der Waals surface area contributed by atoms with Gasteiger partial charge in [0.2, 0.25) is 0 Å². The van der Waals surface area contributed by atoms with Crippen molar-refractivity contribution >= 4 is 29.4 Å². The maximum absolute atomic E-state index is 11.4. The van der Waals surface area contributed by atoms with E-state index in [-0.39, 0.29) is 11.6 Å². The molecule has 0 aliphatic heterocycles. The number of hydrogen-bond acceptors (Lipinski definition) is 5. The molecule has 0 saturated carbocycles. The first-order valence-corrected chi connectivity index (χ1v) is 10.5. The van der Waals surface area contributed by atoms with Gasteiger partial charge in [0, 0.05) is 22.8 Å². The Morgan fingerprint density at radius 3 is 2.79 bits per heavy atom. The van der Waals surface area contributed by atoms with Crippen LogP contribution in [0.1, 0.15) is 46.4 Å². The van der Waals surface area contributed by atoms with Gasteiger partial charge in [-0.1, -0.05) is 25.1 Å². The summed E-state index contributed by atoms with van der Waals surface area (Å²) in [4.78, 5) is 16.8. The molecule has 1 aliphatic carbocycles. The highest BCUT2D eigenvalue weighted by molar-refractivity contribution is 7.97. The molecular weight excluding hydrogens is 382 g/mol. The molecule has 1 heterocycles. The summed E-state index contributed by atoms with van der Waals surface area (Å²) in [6, 6.07) is 18.3. The minimum atomic E-state index is -0.994. The maximum atomic E-state index is 11.4. The van der Waals surface area contributed by atoms with E-state index in [1.165, 1.54) is 21.6 Å². The smallest absolute Gasteiger partial charge is 0.339 e. The molecule has 5 nitrogen and oxygen atoms in total. The number of aromatic nitrogens is 1. The van der Waals surface area contributed by atoms with Crippen LogP contribution in [0.15, 0.2) is 65.7 Å². The Bertz CT molecular complexity index is 1020. The zero-order valence-electron chi connectivity index (χ0n) is 16.2. The van der Waals surface area contributed by atoms with Crippen LogP contribution in [0.3, 0.4) is 0 Å². The van der Waals surface area contributed by atoms with Gasteiger partial charge >= 0.3 is 5.97 Å². The second-order valence-corrected chi connectivity index (χ2v) is 7.96. The van der Waals surface area contributed by atoms with Gasteiger partial charge in [-0.05, 0) is 84.3 Å². The number of anilines is 2. The predicted molar refractivity (Wildman–Crippen MR) is 117 cm³/mol. The van der Waals surface area contributed by atoms with E-state index in [9.17, 15) is 9.90 Å². The molecule has 0 amide bonds. The van der Waals surface area contributed by atoms with Gasteiger partial charge in [0.1, 0.15) is 11.4 Å². The monoisotopic (exact) mass is 405 g/mol. The number of benzene rings is 2. The van der Waals surface area contributed by atoms with Crippen LogP contribution in [0.25, 0.3) is 0 Å². The van der Waals surface area contributed by atoms with Crippen LogP contribution in [0.4, 0.5) is 11.5 Å². The fraction of sp³-hybridized carbons (Fsp3) is 0.217. The Hall–Kier alpha value is -2.83. The Kier molecular flexibility index (Phi) is 5.83. The summed E-state index contributed by atoms with van der Waals surface area (Å²) in [6.07, 6.45) is 4.71. The SMILES string of the molecule is CCc1ccc(SNC2CCc3ccc(Nc4ncccc4C(=O)O)cc32)cc1. The Labute approximate surface area is 174 Å². The van der Waals surface area contributed by atoms with Crippen molar-refractivity contribution in [2.24, 2.45) is 0 Å². The van der Waals surface area contributed by atoms with Crippen LogP contribution in [0.5, 0.6) is 0 Å². The van der Waals surface area contributed by atoms with Gasteiger partial charge in [0.25, 0.3) is 0 Å². The molecule has 1 aromatic heterocycles. The second kappa shape index (κ2) is 8.68. The molecule has 0 fully saturated rings. The van der Waals surface area contributed by atoms with Crippen molar-refractivity contribution in [2.45, 2.75) is 37.1 Å². The van der Waals surface area contributed by atoms with Crippen LogP contribution >= 0.6 is 11.9 Å². The van der Waals surface area contributed by atoms with E-state index >= 15 is 0 Å². The molecule has 3 aromatic rings. The summed E-state index contributed by atoms with van der Waals surface area (Å²) in [7, 11) is 0. The lowest BCUT2D eigenvalue weighted by atomic mass is 10.1. The number of aryl methyl sites for hydroxylation is 2. The molecule has 6 heteroatoms. The van der Waals surface area contributed by atoms with Gasteiger partial charge < -0.3 is 10.4 Å².